The number of nitrogens with one attached hydrogen (secondary N) is 1. The van der Waals surface area contributed by atoms with E-state index in [1.807, 2.05) is 4.90 Å². The van der Waals surface area contributed by atoms with E-state index in [1.54, 1.807) is 0 Å². The summed E-state index contributed by atoms with van der Waals surface area (Å²) in [6.45, 7) is 9.15. The van der Waals surface area contributed by atoms with Gasteiger partial charge in [-0.1, -0.05) is 33.1 Å². The largest absolute Gasteiger partial charge is 0.336 e. The van der Waals surface area contributed by atoms with Gasteiger partial charge in [-0.25, -0.2) is 0 Å². The maximum atomic E-state index is 12.9. The molecule has 3 rings (SSSR count). The van der Waals surface area contributed by atoms with Gasteiger partial charge in [0.25, 0.3) is 5.91 Å². The van der Waals surface area contributed by atoms with E-state index in [0.29, 0.717) is 11.6 Å². The lowest BCUT2D eigenvalue weighted by Gasteiger charge is -2.28. The molecule has 1 aromatic heterocycles. The Hall–Kier alpha value is -0.880. The van der Waals surface area contributed by atoms with Crippen LogP contribution < -0.4 is 0 Å². The van der Waals surface area contributed by atoms with E-state index in [9.17, 15) is 4.79 Å². The molecule has 0 aromatic carbocycles. The summed E-state index contributed by atoms with van der Waals surface area (Å²) in [5.74, 6) is 1.23. The van der Waals surface area contributed by atoms with Crippen LogP contribution in [0.25, 0.3) is 0 Å². The van der Waals surface area contributed by atoms with Crippen LogP contribution in [0.2, 0.25) is 0 Å². The molecular formula is C19H31BrN4O. The third kappa shape index (κ3) is 4.64. The Bertz CT molecular complexity index is 580. The Kier molecular flexibility index (Phi) is 6.55. The number of aromatic nitrogens is 2. The van der Waals surface area contributed by atoms with Crippen molar-refractivity contribution in [2.75, 3.05) is 32.7 Å². The molecule has 2 heterocycles. The normalized spacial score (nSPS) is 20.9. The molecule has 5 nitrogen and oxygen atoms in total. The van der Waals surface area contributed by atoms with Crippen molar-refractivity contribution in [3.63, 3.8) is 0 Å². The molecule has 1 saturated carbocycles. The van der Waals surface area contributed by atoms with Gasteiger partial charge in [-0.15, -0.1) is 0 Å². The quantitative estimate of drug-likeness (QED) is 0.814. The fourth-order valence-corrected chi connectivity index (χ4v) is 4.91. The molecule has 1 saturated heterocycles. The molecule has 0 unspecified atom stereocenters. The first-order valence-corrected chi connectivity index (χ1v) is 10.6. The van der Waals surface area contributed by atoms with E-state index in [-0.39, 0.29) is 5.91 Å². The number of halogens is 1. The minimum Gasteiger partial charge on any atom is -0.336 e. The molecule has 1 amide bonds. The zero-order chi connectivity index (χ0) is 17.8. The van der Waals surface area contributed by atoms with Crippen LogP contribution in [0, 0.1) is 5.92 Å². The lowest BCUT2D eigenvalue weighted by atomic mass is 9.89. The summed E-state index contributed by atoms with van der Waals surface area (Å²) in [5, 5.41) is 7.30. The van der Waals surface area contributed by atoms with Crippen LogP contribution in [-0.4, -0.2) is 58.6 Å². The number of carbonyl (C=O) groups is 1. The molecule has 140 valence electrons. The minimum absolute atomic E-state index is 0.0505. The standard InChI is InChI=1S/C19H31BrN4O/c1-14(2)17-16(20)18(22-21-17)19(25)24-10-6-9-23(11-12-24)13-15-7-4-3-5-8-15/h14-15H,3-13H2,1-2H3,(H,21,22). The van der Waals surface area contributed by atoms with E-state index < -0.39 is 0 Å². The summed E-state index contributed by atoms with van der Waals surface area (Å²) >= 11 is 3.56. The molecule has 6 heteroatoms. The van der Waals surface area contributed by atoms with Gasteiger partial charge < -0.3 is 9.80 Å². The number of rotatable bonds is 4. The molecule has 1 aromatic rings. The molecule has 0 radical (unpaired) electrons. The first kappa shape index (κ1) is 18.9. The highest BCUT2D eigenvalue weighted by Crippen LogP contribution is 2.27. The fraction of sp³-hybridized carbons (Fsp3) is 0.789. The highest BCUT2D eigenvalue weighted by atomic mass is 79.9. The van der Waals surface area contributed by atoms with Gasteiger partial charge in [-0.2, -0.15) is 5.10 Å². The number of amides is 1. The lowest BCUT2D eigenvalue weighted by Crippen LogP contribution is -2.37. The Morgan fingerprint density at radius 2 is 1.92 bits per heavy atom. The Labute approximate surface area is 159 Å². The SMILES string of the molecule is CC(C)c1[nH]nc(C(=O)N2CCCN(CC3CCCCC3)CC2)c1Br. The number of nitrogens with zero attached hydrogens (tertiary/aromatic N) is 3. The van der Waals surface area contributed by atoms with Gasteiger partial charge in [-0.3, -0.25) is 9.89 Å². The highest BCUT2D eigenvalue weighted by Gasteiger charge is 2.26. The maximum Gasteiger partial charge on any atom is 0.275 e. The minimum atomic E-state index is 0.0505. The van der Waals surface area contributed by atoms with Crippen LogP contribution in [-0.2, 0) is 0 Å². The zero-order valence-corrected chi connectivity index (χ0v) is 17.1. The average molecular weight is 411 g/mol. The van der Waals surface area contributed by atoms with Gasteiger partial charge in [0.2, 0.25) is 0 Å². The molecule has 25 heavy (non-hydrogen) atoms. The second-order valence-corrected chi connectivity index (χ2v) is 8.70. The van der Waals surface area contributed by atoms with Crippen molar-refractivity contribution in [2.24, 2.45) is 5.92 Å². The Morgan fingerprint density at radius 1 is 1.16 bits per heavy atom. The van der Waals surface area contributed by atoms with Gasteiger partial charge in [0.05, 0.1) is 10.2 Å². The average Bonchev–Trinajstić information content (AvgIpc) is 2.84. The molecule has 1 N–H and O–H groups in total. The van der Waals surface area contributed by atoms with E-state index in [1.165, 1.54) is 38.6 Å². The number of carbonyl (C=O) groups excluding carboxylic acids is 1. The summed E-state index contributed by atoms with van der Waals surface area (Å²) in [5.41, 5.74) is 1.53. The molecule has 2 fully saturated rings. The van der Waals surface area contributed by atoms with Crippen LogP contribution in [0.3, 0.4) is 0 Å². The third-order valence-corrected chi connectivity index (χ3v) is 6.43. The summed E-state index contributed by atoms with van der Waals surface area (Å²) < 4.78 is 0.829. The van der Waals surface area contributed by atoms with Crippen LogP contribution in [0.4, 0.5) is 0 Å². The first-order valence-electron chi connectivity index (χ1n) is 9.81. The molecule has 1 aliphatic heterocycles. The topological polar surface area (TPSA) is 52.2 Å². The summed E-state index contributed by atoms with van der Waals surface area (Å²) in [6.07, 6.45) is 8.03. The first-order chi connectivity index (χ1) is 12.1. The smallest absolute Gasteiger partial charge is 0.275 e. The van der Waals surface area contributed by atoms with Gasteiger partial charge in [0.15, 0.2) is 5.69 Å². The van der Waals surface area contributed by atoms with Crippen molar-refractivity contribution in [3.8, 4) is 0 Å². The van der Waals surface area contributed by atoms with Crippen LogP contribution in [0.5, 0.6) is 0 Å². The van der Waals surface area contributed by atoms with Gasteiger partial charge in [-0.05, 0) is 53.6 Å². The number of hydrogen-bond acceptors (Lipinski definition) is 3. The van der Waals surface area contributed by atoms with Crippen LogP contribution >= 0.6 is 15.9 Å². The molecule has 2 aliphatic rings. The van der Waals surface area contributed by atoms with E-state index in [0.717, 1.165) is 48.7 Å². The van der Waals surface area contributed by atoms with Gasteiger partial charge in [0.1, 0.15) is 0 Å². The fourth-order valence-electron chi connectivity index (χ4n) is 4.11. The third-order valence-electron chi connectivity index (χ3n) is 5.63. The van der Waals surface area contributed by atoms with E-state index >= 15 is 0 Å². The maximum absolute atomic E-state index is 12.9. The van der Waals surface area contributed by atoms with Crippen molar-refractivity contribution in [2.45, 2.75) is 58.3 Å². The van der Waals surface area contributed by atoms with E-state index in [2.05, 4.69) is 44.9 Å². The van der Waals surface area contributed by atoms with Gasteiger partial charge in [0, 0.05) is 26.2 Å². The van der Waals surface area contributed by atoms with Crippen molar-refractivity contribution < 1.29 is 4.79 Å². The summed E-state index contributed by atoms with van der Waals surface area (Å²) in [6, 6.07) is 0. The Morgan fingerprint density at radius 3 is 2.60 bits per heavy atom. The number of aromatic amines is 1. The molecule has 0 atom stereocenters. The van der Waals surface area contributed by atoms with Crippen molar-refractivity contribution >= 4 is 21.8 Å². The Balaban J connectivity index is 1.58. The lowest BCUT2D eigenvalue weighted by molar-refractivity contribution is 0.0753. The molecule has 0 bridgehead atoms. The van der Waals surface area contributed by atoms with Crippen molar-refractivity contribution in [1.29, 1.82) is 0 Å². The predicted molar refractivity (Wildman–Crippen MR) is 104 cm³/mol. The molecule has 0 spiro atoms. The van der Waals surface area contributed by atoms with Crippen molar-refractivity contribution in [1.82, 2.24) is 20.0 Å². The summed E-state index contributed by atoms with van der Waals surface area (Å²) in [4.78, 5) is 17.5. The van der Waals surface area contributed by atoms with Crippen molar-refractivity contribution in [3.05, 3.63) is 15.9 Å². The summed E-state index contributed by atoms with van der Waals surface area (Å²) in [7, 11) is 0. The van der Waals surface area contributed by atoms with E-state index in [4.69, 9.17) is 0 Å². The van der Waals surface area contributed by atoms with Gasteiger partial charge >= 0.3 is 0 Å². The number of hydrogen-bond donors (Lipinski definition) is 1. The monoisotopic (exact) mass is 410 g/mol. The zero-order valence-electron chi connectivity index (χ0n) is 15.6. The van der Waals surface area contributed by atoms with Crippen LogP contribution in [0.1, 0.15) is 74.5 Å². The second-order valence-electron chi connectivity index (χ2n) is 7.90. The highest BCUT2D eigenvalue weighted by molar-refractivity contribution is 9.10. The predicted octanol–water partition coefficient (Wildman–Crippen LogP) is 4.02. The number of H-pyrrole nitrogens is 1. The van der Waals surface area contributed by atoms with Crippen LogP contribution in [0.15, 0.2) is 4.47 Å². The molecular weight excluding hydrogens is 380 g/mol. The molecule has 1 aliphatic carbocycles. The second kappa shape index (κ2) is 8.67.